The highest BCUT2D eigenvalue weighted by molar-refractivity contribution is 6.25. The molecule has 4 aromatic heterocycles. The Kier molecular flexibility index (Phi) is 5.47. The third-order valence-corrected chi connectivity index (χ3v) is 10.9. The molecule has 0 aliphatic rings. The van der Waals surface area contributed by atoms with Crippen LogP contribution in [0.25, 0.3) is 110 Å². The van der Waals surface area contributed by atoms with Crippen molar-refractivity contribution in [3.8, 4) is 22.5 Å². The molecule has 0 N–H and O–H groups in total. The molecule has 0 bridgehead atoms. The van der Waals surface area contributed by atoms with E-state index in [0.717, 1.165) is 99.2 Å². The zero-order valence-corrected chi connectivity index (χ0v) is 27.9. The Morgan fingerprint density at radius 1 is 0.346 bits per heavy atom. The van der Waals surface area contributed by atoms with Crippen LogP contribution >= 0.6 is 0 Å². The molecule has 0 fully saturated rings. The molecular weight excluding hydrogens is 637 g/mol. The van der Waals surface area contributed by atoms with Crippen molar-refractivity contribution in [3.05, 3.63) is 170 Å². The summed E-state index contributed by atoms with van der Waals surface area (Å²) in [6.07, 6.45) is 0. The van der Waals surface area contributed by atoms with Crippen LogP contribution in [0, 0.1) is 0 Å². The predicted molar refractivity (Wildman–Crippen MR) is 215 cm³/mol. The second-order valence-electron chi connectivity index (χ2n) is 13.6. The van der Waals surface area contributed by atoms with Crippen molar-refractivity contribution in [1.82, 2.24) is 9.13 Å². The highest BCUT2D eigenvalue weighted by atomic mass is 16.3. The maximum absolute atomic E-state index is 6.59. The molecule has 0 amide bonds. The topological polar surface area (TPSA) is 36.1 Å². The van der Waals surface area contributed by atoms with Crippen LogP contribution in [0.15, 0.2) is 179 Å². The summed E-state index contributed by atoms with van der Waals surface area (Å²) in [6.45, 7) is 0. The number of rotatable bonds is 3. The molecular formula is C48H28N2O2. The molecule has 8 aromatic carbocycles. The molecule has 4 nitrogen and oxygen atoms in total. The van der Waals surface area contributed by atoms with Gasteiger partial charge in [0.25, 0.3) is 0 Å². The van der Waals surface area contributed by atoms with Crippen molar-refractivity contribution in [2.24, 2.45) is 0 Å². The van der Waals surface area contributed by atoms with Gasteiger partial charge in [-0.3, -0.25) is 0 Å². The van der Waals surface area contributed by atoms with Gasteiger partial charge in [0.1, 0.15) is 22.3 Å². The quantitative estimate of drug-likeness (QED) is 0.188. The zero-order valence-electron chi connectivity index (χ0n) is 27.9. The third-order valence-electron chi connectivity index (χ3n) is 10.9. The van der Waals surface area contributed by atoms with E-state index in [9.17, 15) is 0 Å². The summed E-state index contributed by atoms with van der Waals surface area (Å²) in [5, 5.41) is 9.17. The van der Waals surface area contributed by atoms with E-state index in [4.69, 9.17) is 8.83 Å². The van der Waals surface area contributed by atoms with Gasteiger partial charge >= 0.3 is 0 Å². The fraction of sp³-hybridized carbons (Fsp3) is 0. The molecule has 12 rings (SSSR count). The summed E-state index contributed by atoms with van der Waals surface area (Å²) < 4.78 is 17.9. The first kappa shape index (κ1) is 27.7. The van der Waals surface area contributed by atoms with Gasteiger partial charge in [-0.2, -0.15) is 0 Å². The second kappa shape index (κ2) is 10.3. The summed E-state index contributed by atoms with van der Waals surface area (Å²) in [5.41, 5.74) is 12.7. The molecule has 4 heteroatoms. The number of furan rings is 2. The number of para-hydroxylation sites is 5. The average Bonchev–Trinajstić information content (AvgIpc) is 3.95. The minimum absolute atomic E-state index is 0.908. The first-order valence-corrected chi connectivity index (χ1v) is 17.7. The van der Waals surface area contributed by atoms with E-state index < -0.39 is 0 Å². The predicted octanol–water partition coefficient (Wildman–Crippen LogP) is 13.3. The average molecular weight is 665 g/mol. The van der Waals surface area contributed by atoms with Crippen molar-refractivity contribution in [1.29, 1.82) is 0 Å². The second-order valence-corrected chi connectivity index (χ2v) is 13.6. The Balaban J connectivity index is 1.10. The molecule has 0 saturated heterocycles. The van der Waals surface area contributed by atoms with Crippen molar-refractivity contribution in [2.75, 3.05) is 0 Å². The van der Waals surface area contributed by atoms with E-state index in [-0.39, 0.29) is 0 Å². The van der Waals surface area contributed by atoms with Gasteiger partial charge in [-0.25, -0.2) is 0 Å². The van der Waals surface area contributed by atoms with Crippen molar-refractivity contribution >= 4 is 87.5 Å². The van der Waals surface area contributed by atoms with Crippen molar-refractivity contribution < 1.29 is 8.83 Å². The Morgan fingerprint density at radius 3 is 1.52 bits per heavy atom. The fourth-order valence-corrected chi connectivity index (χ4v) is 8.73. The zero-order chi connectivity index (χ0) is 33.9. The fourth-order valence-electron chi connectivity index (χ4n) is 8.73. The molecule has 52 heavy (non-hydrogen) atoms. The van der Waals surface area contributed by atoms with Gasteiger partial charge in [0.2, 0.25) is 0 Å². The molecule has 0 aliphatic carbocycles. The smallest absolute Gasteiger partial charge is 0.145 e. The first-order valence-electron chi connectivity index (χ1n) is 17.7. The summed E-state index contributed by atoms with van der Waals surface area (Å²) in [5.74, 6) is 0. The van der Waals surface area contributed by atoms with Gasteiger partial charge in [-0.1, -0.05) is 103 Å². The van der Waals surface area contributed by atoms with E-state index in [1.807, 2.05) is 12.1 Å². The van der Waals surface area contributed by atoms with Gasteiger partial charge in [0.15, 0.2) is 0 Å². The summed E-state index contributed by atoms with van der Waals surface area (Å²) in [4.78, 5) is 0. The Bertz CT molecular complexity index is 3420. The number of benzene rings is 8. The Hall–Kier alpha value is -7.04. The van der Waals surface area contributed by atoms with E-state index >= 15 is 0 Å². The van der Waals surface area contributed by atoms with Crippen LogP contribution < -0.4 is 0 Å². The lowest BCUT2D eigenvalue weighted by Crippen LogP contribution is -1.98. The maximum Gasteiger partial charge on any atom is 0.145 e. The highest BCUT2D eigenvalue weighted by Crippen LogP contribution is 2.44. The molecule has 0 radical (unpaired) electrons. The molecule has 0 unspecified atom stereocenters. The highest BCUT2D eigenvalue weighted by Gasteiger charge is 2.22. The number of hydrogen-bond donors (Lipinski definition) is 0. The monoisotopic (exact) mass is 664 g/mol. The van der Waals surface area contributed by atoms with Crippen LogP contribution in [0.1, 0.15) is 0 Å². The minimum Gasteiger partial charge on any atom is -0.455 e. The van der Waals surface area contributed by atoms with Crippen molar-refractivity contribution in [3.63, 3.8) is 0 Å². The molecule has 0 aliphatic heterocycles. The SMILES string of the molecule is c1cc(-c2ccccc2-n2c3ccccc3c3c4oc5ccccc5c4ccc32)cc(-n2c3ccccc3c3c4oc5ccccc5c4ccc32)c1. The third kappa shape index (κ3) is 3.65. The van der Waals surface area contributed by atoms with Gasteiger partial charge in [0.05, 0.1) is 38.5 Å². The molecule has 12 aromatic rings. The number of nitrogens with zero attached hydrogens (tertiary/aromatic N) is 2. The van der Waals surface area contributed by atoms with Crippen LogP contribution in [0.5, 0.6) is 0 Å². The van der Waals surface area contributed by atoms with Crippen LogP contribution in [0.4, 0.5) is 0 Å². The normalized spacial score (nSPS) is 12.2. The number of fused-ring (bicyclic) bond motifs is 14. The van der Waals surface area contributed by atoms with E-state index in [1.165, 1.54) is 10.8 Å². The lowest BCUT2D eigenvalue weighted by Gasteiger charge is -2.15. The maximum atomic E-state index is 6.59. The Labute approximate surface area is 296 Å². The van der Waals surface area contributed by atoms with E-state index in [1.54, 1.807) is 0 Å². The van der Waals surface area contributed by atoms with E-state index in [0.29, 0.717) is 0 Å². The van der Waals surface area contributed by atoms with Crippen LogP contribution in [0.3, 0.4) is 0 Å². The van der Waals surface area contributed by atoms with Crippen LogP contribution in [0.2, 0.25) is 0 Å². The minimum atomic E-state index is 0.908. The lowest BCUT2D eigenvalue weighted by atomic mass is 10.0. The van der Waals surface area contributed by atoms with Crippen LogP contribution in [-0.2, 0) is 0 Å². The number of hydrogen-bond acceptors (Lipinski definition) is 2. The molecule has 0 spiro atoms. The van der Waals surface area contributed by atoms with E-state index in [2.05, 4.69) is 167 Å². The van der Waals surface area contributed by atoms with Gasteiger partial charge in [-0.05, 0) is 72.3 Å². The number of aromatic nitrogens is 2. The standard InChI is InChI=1S/C48H28N2O2/c1-6-19-38(50-40-21-8-3-18-37(40)46-42(50)27-25-35-33-16-5-10-23-44(33)52-48(35)46)31(14-1)29-12-11-13-30(28-29)49-39-20-7-2-17-36(39)45-41(49)26-24-34-32-15-4-9-22-43(32)51-47(34)45/h1-28H. The van der Waals surface area contributed by atoms with Gasteiger partial charge in [-0.15, -0.1) is 0 Å². The lowest BCUT2D eigenvalue weighted by molar-refractivity contribution is 0.672. The van der Waals surface area contributed by atoms with Gasteiger partial charge < -0.3 is 18.0 Å². The molecule has 4 heterocycles. The summed E-state index contributed by atoms with van der Waals surface area (Å²) >= 11 is 0. The largest absolute Gasteiger partial charge is 0.455 e. The van der Waals surface area contributed by atoms with Crippen molar-refractivity contribution in [2.45, 2.75) is 0 Å². The first-order chi connectivity index (χ1) is 25.8. The summed E-state index contributed by atoms with van der Waals surface area (Å²) in [6, 6.07) is 60.5. The Morgan fingerprint density at radius 2 is 0.865 bits per heavy atom. The molecule has 0 atom stereocenters. The molecule has 0 saturated carbocycles. The summed E-state index contributed by atoms with van der Waals surface area (Å²) in [7, 11) is 0. The van der Waals surface area contributed by atoms with Gasteiger partial charge in [0, 0.05) is 43.6 Å². The molecule has 242 valence electrons. The van der Waals surface area contributed by atoms with Crippen LogP contribution in [-0.4, -0.2) is 9.13 Å².